The van der Waals surface area contributed by atoms with E-state index in [0.29, 0.717) is 18.5 Å². The Hall–Kier alpha value is -2.68. The van der Waals surface area contributed by atoms with Gasteiger partial charge in [0.1, 0.15) is 0 Å². The van der Waals surface area contributed by atoms with Crippen molar-refractivity contribution in [2.75, 3.05) is 6.54 Å². The van der Waals surface area contributed by atoms with Crippen LogP contribution >= 0.6 is 0 Å². The summed E-state index contributed by atoms with van der Waals surface area (Å²) in [5, 5.41) is 2.55. The quantitative estimate of drug-likeness (QED) is 0.236. The van der Waals surface area contributed by atoms with Crippen molar-refractivity contribution >= 4 is 12.2 Å². The zero-order chi connectivity index (χ0) is 24.1. The predicted molar refractivity (Wildman–Crippen MR) is 134 cm³/mol. The molecule has 0 rings (SSSR count). The predicted octanol–water partition coefficient (Wildman–Crippen LogP) is 7.32. The summed E-state index contributed by atoms with van der Waals surface area (Å²) in [5.41, 5.74) is 2.15. The molecule has 3 heteroatoms. The number of hydrogen-bond donors (Lipinski definition) is 1. The van der Waals surface area contributed by atoms with E-state index in [1.54, 1.807) is 42.5 Å². The minimum atomic E-state index is -0.155. The van der Waals surface area contributed by atoms with Crippen molar-refractivity contribution in [1.29, 1.82) is 0 Å². The molecule has 0 bridgehead atoms. The molecule has 0 heterocycles. The van der Waals surface area contributed by atoms with Gasteiger partial charge in [-0.05, 0) is 18.6 Å². The molecule has 0 fully saturated rings. The van der Waals surface area contributed by atoms with Crippen LogP contribution in [-0.4, -0.2) is 18.7 Å². The number of carbonyl (C=O) groups is 2. The Bertz CT molecular complexity index is 533. The molecule has 1 amide bonds. The van der Waals surface area contributed by atoms with E-state index < -0.39 is 0 Å². The minimum Gasteiger partial charge on any atom is -0.355 e. The number of nitrogens with one attached hydrogen (secondary N) is 1. The third-order valence-electron chi connectivity index (χ3n) is 2.42. The molecule has 0 aliphatic heterocycles. The van der Waals surface area contributed by atoms with Gasteiger partial charge in [-0.15, -0.1) is 0 Å². The van der Waals surface area contributed by atoms with Crippen LogP contribution in [0.15, 0.2) is 85.1 Å². The lowest BCUT2D eigenvalue weighted by atomic mass is 10.1. The van der Waals surface area contributed by atoms with Crippen LogP contribution in [0, 0.1) is 0 Å². The maximum atomic E-state index is 12.1. The van der Waals surface area contributed by atoms with Gasteiger partial charge in [0, 0.05) is 12.1 Å². The fourth-order valence-corrected chi connectivity index (χ4v) is 1.44. The molecule has 0 aromatic heterocycles. The second kappa shape index (κ2) is 36.3. The maximum Gasteiger partial charge on any atom is 0.207 e. The van der Waals surface area contributed by atoms with Crippen molar-refractivity contribution in [2.24, 2.45) is 0 Å². The van der Waals surface area contributed by atoms with Gasteiger partial charge in [0.15, 0.2) is 5.78 Å². The van der Waals surface area contributed by atoms with Crippen LogP contribution in [0.25, 0.3) is 0 Å². The third kappa shape index (κ3) is 27.6. The lowest BCUT2D eigenvalue weighted by Gasteiger charge is -2.02. The van der Waals surface area contributed by atoms with Crippen molar-refractivity contribution < 1.29 is 9.59 Å². The van der Waals surface area contributed by atoms with Gasteiger partial charge in [0.2, 0.25) is 6.41 Å². The first-order valence-electron chi connectivity index (χ1n) is 10.4. The van der Waals surface area contributed by atoms with Gasteiger partial charge < -0.3 is 5.32 Å². The van der Waals surface area contributed by atoms with Crippen LogP contribution in [0.4, 0.5) is 0 Å². The first-order chi connectivity index (χ1) is 14.1. The lowest BCUT2D eigenvalue weighted by molar-refractivity contribution is -0.111. The highest BCUT2D eigenvalue weighted by molar-refractivity contribution is 6.06. The molecule has 0 unspecified atom stereocenters. The molecule has 0 saturated carbocycles. The van der Waals surface area contributed by atoms with Crippen LogP contribution < -0.4 is 5.32 Å². The molecule has 0 radical (unpaired) electrons. The first kappa shape index (κ1) is 37.1. The fraction of sp³-hybridized carbons (Fsp3) is 0.385. The van der Waals surface area contributed by atoms with Gasteiger partial charge in [-0.25, -0.2) is 0 Å². The molecule has 29 heavy (non-hydrogen) atoms. The summed E-state index contributed by atoms with van der Waals surface area (Å²) in [4.78, 5) is 22.4. The standard InChI is InChI=1S/C18H21NO2.4C2H6/c1-5-8-16(7-3)10-11-18(21)17(9-6-2)12-15(4)13-19-14-20;4*1-2/h5-12,14H,1-3,13H2,4H3,(H,19,20);4*1-2H3/b11-10+,15-12+,16-8+,17-9+;;;;. The highest BCUT2D eigenvalue weighted by Gasteiger charge is 2.03. The Labute approximate surface area is 181 Å². The number of ketones is 1. The minimum absolute atomic E-state index is 0.155. The van der Waals surface area contributed by atoms with Gasteiger partial charge in [0.05, 0.1) is 0 Å². The van der Waals surface area contributed by atoms with Crippen LogP contribution in [-0.2, 0) is 9.59 Å². The summed E-state index contributed by atoms with van der Waals surface area (Å²) >= 11 is 0. The van der Waals surface area contributed by atoms with Gasteiger partial charge in [-0.3, -0.25) is 9.59 Å². The average Bonchev–Trinajstić information content (AvgIpc) is 2.80. The molecule has 0 aliphatic rings. The summed E-state index contributed by atoms with van der Waals surface area (Å²) in [5.74, 6) is -0.155. The monoisotopic (exact) mass is 403 g/mol. The molecular weight excluding hydrogens is 358 g/mol. The zero-order valence-corrected chi connectivity index (χ0v) is 20.3. The van der Waals surface area contributed by atoms with Gasteiger partial charge in [-0.1, -0.05) is 123 Å². The third-order valence-corrected chi connectivity index (χ3v) is 2.42. The van der Waals surface area contributed by atoms with Crippen molar-refractivity contribution in [3.8, 4) is 0 Å². The van der Waals surface area contributed by atoms with Crippen molar-refractivity contribution in [3.63, 3.8) is 0 Å². The van der Waals surface area contributed by atoms with Gasteiger partial charge in [-0.2, -0.15) is 0 Å². The largest absolute Gasteiger partial charge is 0.355 e. The average molecular weight is 404 g/mol. The molecule has 0 saturated heterocycles. The topological polar surface area (TPSA) is 46.2 Å². The van der Waals surface area contributed by atoms with E-state index in [1.165, 1.54) is 6.08 Å². The van der Waals surface area contributed by atoms with E-state index in [9.17, 15) is 9.59 Å². The maximum absolute atomic E-state index is 12.1. The summed E-state index contributed by atoms with van der Waals surface area (Å²) in [6.07, 6.45) is 13.7. The molecule has 166 valence electrons. The first-order valence-corrected chi connectivity index (χ1v) is 10.4. The number of rotatable bonds is 10. The molecule has 3 nitrogen and oxygen atoms in total. The van der Waals surface area contributed by atoms with E-state index in [4.69, 9.17) is 0 Å². The second-order valence-electron chi connectivity index (χ2n) is 4.15. The van der Waals surface area contributed by atoms with Gasteiger partial charge >= 0.3 is 0 Å². The number of carbonyl (C=O) groups excluding carboxylic acids is 2. The summed E-state index contributed by atoms with van der Waals surface area (Å²) in [7, 11) is 0. The lowest BCUT2D eigenvalue weighted by Crippen LogP contribution is -2.13. The number of allylic oxidation sites excluding steroid dienone is 10. The Morgan fingerprint density at radius 3 is 1.69 bits per heavy atom. The van der Waals surface area contributed by atoms with Crippen molar-refractivity contribution in [2.45, 2.75) is 62.3 Å². The normalized spacial score (nSPS) is 10.2. The van der Waals surface area contributed by atoms with Crippen LogP contribution in [0.2, 0.25) is 0 Å². The molecular formula is C26H45NO2. The number of hydrogen-bond acceptors (Lipinski definition) is 2. The van der Waals surface area contributed by atoms with Gasteiger partial charge in [0.25, 0.3) is 0 Å². The molecule has 0 aromatic rings. The second-order valence-corrected chi connectivity index (χ2v) is 4.15. The highest BCUT2D eigenvalue weighted by Crippen LogP contribution is 2.07. The van der Waals surface area contributed by atoms with E-state index >= 15 is 0 Å². The molecule has 0 aliphatic carbocycles. The molecule has 0 atom stereocenters. The Morgan fingerprint density at radius 1 is 0.828 bits per heavy atom. The van der Waals surface area contributed by atoms with E-state index in [-0.39, 0.29) is 5.78 Å². The summed E-state index contributed by atoms with van der Waals surface area (Å²) in [6, 6.07) is 0. The Morgan fingerprint density at radius 2 is 1.31 bits per heavy atom. The summed E-state index contributed by atoms with van der Waals surface area (Å²) < 4.78 is 0. The van der Waals surface area contributed by atoms with Crippen molar-refractivity contribution in [1.82, 2.24) is 5.32 Å². The SMILES string of the molecule is C=C/C=C(C=C)/C=C/C(=O)C(/C=C(\C)CNC=O)=C/C=C.CC.CC.CC.CC. The molecule has 1 N–H and O–H groups in total. The van der Waals surface area contributed by atoms with Crippen LogP contribution in [0.5, 0.6) is 0 Å². The number of amides is 1. The van der Waals surface area contributed by atoms with E-state index in [1.807, 2.05) is 62.3 Å². The van der Waals surface area contributed by atoms with E-state index in [2.05, 4.69) is 25.1 Å². The van der Waals surface area contributed by atoms with Crippen LogP contribution in [0.3, 0.4) is 0 Å². The molecule has 0 spiro atoms. The van der Waals surface area contributed by atoms with Crippen molar-refractivity contribution in [3.05, 3.63) is 85.1 Å². The summed E-state index contributed by atoms with van der Waals surface area (Å²) in [6.45, 7) is 29.1. The zero-order valence-electron chi connectivity index (χ0n) is 20.3. The van der Waals surface area contributed by atoms with Crippen LogP contribution in [0.1, 0.15) is 62.3 Å². The molecule has 0 aromatic carbocycles. The fourth-order valence-electron chi connectivity index (χ4n) is 1.44. The Balaban J connectivity index is -0.000000212. The smallest absolute Gasteiger partial charge is 0.207 e. The highest BCUT2D eigenvalue weighted by atomic mass is 16.1. The Kier molecular flexibility index (Phi) is 46.4. The van der Waals surface area contributed by atoms with E-state index in [0.717, 1.165) is 11.1 Å².